The van der Waals surface area contributed by atoms with Crippen LogP contribution in [-0.4, -0.2) is 25.0 Å². The molecule has 4 nitrogen and oxygen atoms in total. The van der Waals surface area contributed by atoms with Crippen molar-refractivity contribution in [2.24, 2.45) is 0 Å². The highest BCUT2D eigenvalue weighted by Crippen LogP contribution is 2.24. The highest BCUT2D eigenvalue weighted by Gasteiger charge is 2.07. The molecule has 3 rings (SSSR count). The molecule has 6 heteroatoms. The van der Waals surface area contributed by atoms with E-state index in [1.807, 2.05) is 30.3 Å². The van der Waals surface area contributed by atoms with E-state index in [0.29, 0.717) is 5.75 Å². The maximum atomic E-state index is 12.2. The summed E-state index contributed by atoms with van der Waals surface area (Å²) >= 11 is 1.13. The van der Waals surface area contributed by atoms with Gasteiger partial charge in [-0.3, -0.25) is 9.36 Å². The van der Waals surface area contributed by atoms with Gasteiger partial charge in [0, 0.05) is 6.20 Å². The lowest BCUT2D eigenvalue weighted by atomic mass is 10.2. The molecule has 0 fully saturated rings. The van der Waals surface area contributed by atoms with Crippen molar-refractivity contribution in [3.8, 4) is 11.5 Å². The van der Waals surface area contributed by atoms with Crippen molar-refractivity contribution >= 4 is 33.8 Å². The van der Waals surface area contributed by atoms with E-state index in [9.17, 15) is 9.18 Å². The van der Waals surface area contributed by atoms with E-state index < -0.39 is 6.67 Å². The van der Waals surface area contributed by atoms with Crippen molar-refractivity contribution in [1.82, 2.24) is 4.57 Å². The SMILES string of the molecule is COc1ccc(C=Cn2c(=O)sc3cc(OCCF)ccc32)cc1. The Morgan fingerprint density at radius 3 is 2.62 bits per heavy atom. The molecule has 0 aliphatic carbocycles. The Kier molecular flexibility index (Phi) is 4.96. The van der Waals surface area contributed by atoms with Crippen LogP contribution < -0.4 is 14.3 Å². The van der Waals surface area contributed by atoms with Gasteiger partial charge in [-0.2, -0.15) is 0 Å². The molecule has 0 spiro atoms. The maximum Gasteiger partial charge on any atom is 0.312 e. The second-order valence-electron chi connectivity index (χ2n) is 4.99. The average molecular weight is 345 g/mol. The number of ether oxygens (including phenoxy) is 2. The molecule has 0 radical (unpaired) electrons. The Balaban J connectivity index is 1.89. The van der Waals surface area contributed by atoms with Crippen molar-refractivity contribution < 1.29 is 13.9 Å². The third-order valence-electron chi connectivity index (χ3n) is 3.46. The number of aromatic nitrogens is 1. The fraction of sp³-hybridized carbons (Fsp3) is 0.167. The summed E-state index contributed by atoms with van der Waals surface area (Å²) in [5, 5.41) is 0. The van der Waals surface area contributed by atoms with E-state index in [1.54, 1.807) is 36.1 Å². The summed E-state index contributed by atoms with van der Waals surface area (Å²) < 4.78 is 24.9. The molecule has 3 aromatic rings. The van der Waals surface area contributed by atoms with Crippen molar-refractivity contribution in [3.63, 3.8) is 0 Å². The molecule has 124 valence electrons. The molecule has 0 aliphatic heterocycles. The van der Waals surface area contributed by atoms with Crippen LogP contribution >= 0.6 is 11.3 Å². The molecule has 0 atom stereocenters. The summed E-state index contributed by atoms with van der Waals surface area (Å²) in [6.07, 6.45) is 3.60. The predicted octanol–water partition coefficient (Wildman–Crippen LogP) is 4.05. The fourth-order valence-corrected chi connectivity index (χ4v) is 3.17. The molecule has 0 N–H and O–H groups in total. The van der Waals surface area contributed by atoms with Gasteiger partial charge in [-0.1, -0.05) is 23.5 Å². The van der Waals surface area contributed by atoms with Gasteiger partial charge in [-0.05, 0) is 42.0 Å². The first-order valence-electron chi connectivity index (χ1n) is 7.37. The number of alkyl halides is 1. The first-order chi connectivity index (χ1) is 11.7. The molecule has 1 heterocycles. The lowest BCUT2D eigenvalue weighted by Gasteiger charge is -2.03. The summed E-state index contributed by atoms with van der Waals surface area (Å²) in [5.74, 6) is 1.35. The molecule has 0 aliphatic rings. The average Bonchev–Trinajstić information content (AvgIpc) is 2.93. The number of fused-ring (bicyclic) bond motifs is 1. The highest BCUT2D eigenvalue weighted by molar-refractivity contribution is 7.16. The molecule has 0 saturated heterocycles. The van der Waals surface area contributed by atoms with Crippen LogP contribution in [0.1, 0.15) is 5.56 Å². The molecule has 0 saturated carbocycles. The van der Waals surface area contributed by atoms with Crippen LogP contribution in [0.3, 0.4) is 0 Å². The first-order valence-corrected chi connectivity index (χ1v) is 8.19. The number of methoxy groups -OCH3 is 1. The van der Waals surface area contributed by atoms with E-state index in [1.165, 1.54) is 0 Å². The molecule has 0 unspecified atom stereocenters. The van der Waals surface area contributed by atoms with Crippen LogP contribution in [0.15, 0.2) is 47.3 Å². The molecular weight excluding hydrogens is 329 g/mol. The smallest absolute Gasteiger partial charge is 0.312 e. The third-order valence-corrected chi connectivity index (χ3v) is 4.38. The summed E-state index contributed by atoms with van der Waals surface area (Å²) in [6, 6.07) is 12.9. The lowest BCUT2D eigenvalue weighted by Crippen LogP contribution is -2.05. The summed E-state index contributed by atoms with van der Waals surface area (Å²) in [4.78, 5) is 12.1. The van der Waals surface area contributed by atoms with Crippen LogP contribution in [0.4, 0.5) is 4.39 Å². The largest absolute Gasteiger partial charge is 0.497 e. The number of rotatable bonds is 6. The Morgan fingerprint density at radius 2 is 1.92 bits per heavy atom. The zero-order valence-electron chi connectivity index (χ0n) is 13.1. The molecule has 1 aromatic heterocycles. The van der Waals surface area contributed by atoms with Gasteiger partial charge in [-0.25, -0.2) is 4.39 Å². The lowest BCUT2D eigenvalue weighted by molar-refractivity contribution is 0.273. The van der Waals surface area contributed by atoms with E-state index in [2.05, 4.69) is 0 Å². The number of nitrogens with zero attached hydrogens (tertiary/aromatic N) is 1. The Morgan fingerprint density at radius 1 is 1.17 bits per heavy atom. The van der Waals surface area contributed by atoms with Gasteiger partial charge in [-0.15, -0.1) is 0 Å². The quantitative estimate of drug-likeness (QED) is 0.677. The van der Waals surface area contributed by atoms with E-state index in [4.69, 9.17) is 9.47 Å². The zero-order chi connectivity index (χ0) is 16.9. The van der Waals surface area contributed by atoms with Gasteiger partial charge in [0.15, 0.2) is 0 Å². The van der Waals surface area contributed by atoms with E-state index in [0.717, 1.165) is 32.9 Å². The number of hydrogen-bond donors (Lipinski definition) is 0. The number of thiazole rings is 1. The minimum absolute atomic E-state index is 0.0124. The number of benzene rings is 2. The summed E-state index contributed by atoms with van der Waals surface area (Å²) in [5.41, 5.74) is 1.76. The maximum absolute atomic E-state index is 12.2. The Labute approximate surface area is 142 Å². The molecule has 0 bridgehead atoms. The Bertz CT molecular complexity index is 912. The van der Waals surface area contributed by atoms with Gasteiger partial charge in [0.05, 0.1) is 17.3 Å². The fourth-order valence-electron chi connectivity index (χ4n) is 2.28. The van der Waals surface area contributed by atoms with Crippen LogP contribution in [0.2, 0.25) is 0 Å². The minimum Gasteiger partial charge on any atom is -0.497 e. The van der Waals surface area contributed by atoms with Gasteiger partial charge in [0.2, 0.25) is 0 Å². The van der Waals surface area contributed by atoms with Gasteiger partial charge >= 0.3 is 4.87 Å². The van der Waals surface area contributed by atoms with E-state index in [-0.39, 0.29) is 11.5 Å². The molecule has 24 heavy (non-hydrogen) atoms. The number of halogens is 1. The van der Waals surface area contributed by atoms with Gasteiger partial charge in [0.25, 0.3) is 0 Å². The standard InChI is InChI=1S/C18H16FNO3S/c1-22-14-4-2-13(3-5-14)8-10-20-16-7-6-15(23-11-9-19)12-17(16)24-18(20)21/h2-8,10,12H,9,11H2,1H3. The van der Waals surface area contributed by atoms with Crippen LogP contribution in [0, 0.1) is 0 Å². The van der Waals surface area contributed by atoms with Gasteiger partial charge in [0.1, 0.15) is 24.8 Å². The van der Waals surface area contributed by atoms with Gasteiger partial charge < -0.3 is 9.47 Å². The minimum atomic E-state index is -0.542. The molecular formula is C18H16FNO3S. The topological polar surface area (TPSA) is 40.5 Å². The van der Waals surface area contributed by atoms with E-state index >= 15 is 0 Å². The zero-order valence-corrected chi connectivity index (χ0v) is 13.9. The first kappa shape index (κ1) is 16.3. The third kappa shape index (κ3) is 3.49. The second-order valence-corrected chi connectivity index (χ2v) is 5.99. The van der Waals surface area contributed by atoms with Crippen LogP contribution in [0.25, 0.3) is 22.5 Å². The van der Waals surface area contributed by atoms with Crippen molar-refractivity contribution in [1.29, 1.82) is 0 Å². The summed E-state index contributed by atoms with van der Waals surface area (Å²) in [7, 11) is 1.62. The van der Waals surface area contributed by atoms with Crippen LogP contribution in [0.5, 0.6) is 11.5 Å². The van der Waals surface area contributed by atoms with Crippen molar-refractivity contribution in [2.45, 2.75) is 0 Å². The van der Waals surface area contributed by atoms with Crippen molar-refractivity contribution in [2.75, 3.05) is 20.4 Å². The monoisotopic (exact) mass is 345 g/mol. The normalized spacial score (nSPS) is 11.2. The predicted molar refractivity (Wildman–Crippen MR) is 95.8 cm³/mol. The summed E-state index contributed by atoms with van der Waals surface area (Å²) in [6.45, 7) is -0.529. The van der Waals surface area contributed by atoms with Crippen molar-refractivity contribution in [3.05, 3.63) is 57.7 Å². The Hall–Kier alpha value is -2.60. The van der Waals surface area contributed by atoms with Crippen LogP contribution in [-0.2, 0) is 0 Å². The molecule has 0 amide bonds. The highest BCUT2D eigenvalue weighted by atomic mass is 32.1. The number of hydrogen-bond acceptors (Lipinski definition) is 4. The molecule has 2 aromatic carbocycles. The second kappa shape index (κ2) is 7.31.